The minimum atomic E-state index is -1.23. The quantitative estimate of drug-likeness (QED) is 0.0529. The molecule has 0 aliphatic heterocycles. The number of carboxylic acid groups (broad SMARTS) is 1. The van der Waals surface area contributed by atoms with Crippen molar-refractivity contribution in [2.75, 3.05) is 6.54 Å². The van der Waals surface area contributed by atoms with Crippen molar-refractivity contribution >= 4 is 35.5 Å². The Labute approximate surface area is 251 Å². The van der Waals surface area contributed by atoms with Gasteiger partial charge in [-0.25, -0.2) is 4.79 Å². The Kier molecular flexibility index (Phi) is 14.2. The van der Waals surface area contributed by atoms with Crippen molar-refractivity contribution in [2.24, 2.45) is 28.1 Å². The van der Waals surface area contributed by atoms with Crippen molar-refractivity contribution < 1.29 is 24.3 Å². The van der Waals surface area contributed by atoms with Crippen molar-refractivity contribution in [3.63, 3.8) is 0 Å². The van der Waals surface area contributed by atoms with Crippen LogP contribution >= 0.6 is 0 Å². The number of aliphatic carboxylic acids is 1. The summed E-state index contributed by atoms with van der Waals surface area (Å²) in [5, 5.41) is 25.2. The van der Waals surface area contributed by atoms with Crippen LogP contribution in [-0.4, -0.2) is 59.2 Å². The van der Waals surface area contributed by atoms with Gasteiger partial charge in [-0.05, 0) is 36.8 Å². The number of rotatable bonds is 18. The van der Waals surface area contributed by atoms with Gasteiger partial charge in [0.1, 0.15) is 23.8 Å². The summed E-state index contributed by atoms with van der Waals surface area (Å²) >= 11 is 0. The number of hydrogen-bond donors (Lipinski definition) is 8. The summed E-state index contributed by atoms with van der Waals surface area (Å²) in [4.78, 5) is 55.8. The fourth-order valence-corrected chi connectivity index (χ4v) is 4.25. The highest BCUT2D eigenvalue weighted by molar-refractivity contribution is 6.02. The summed E-state index contributed by atoms with van der Waals surface area (Å²) < 4.78 is 0. The van der Waals surface area contributed by atoms with Crippen molar-refractivity contribution in [3.8, 4) is 0 Å². The maximum absolute atomic E-state index is 13.6. The zero-order valence-corrected chi connectivity index (χ0v) is 24.3. The minimum absolute atomic E-state index is 0.0231. The summed E-state index contributed by atoms with van der Waals surface area (Å²) in [5.41, 5.74) is 18.2. The van der Waals surface area contributed by atoms with E-state index in [2.05, 4.69) is 20.9 Å². The van der Waals surface area contributed by atoms with Crippen LogP contribution in [0.25, 0.3) is 0 Å². The van der Waals surface area contributed by atoms with Gasteiger partial charge in [0.15, 0.2) is 5.96 Å². The second-order valence-electron chi connectivity index (χ2n) is 10.1. The van der Waals surface area contributed by atoms with E-state index in [4.69, 9.17) is 22.6 Å². The molecule has 232 valence electrons. The Morgan fingerprint density at radius 3 is 2.05 bits per heavy atom. The third kappa shape index (κ3) is 12.2. The zero-order valence-electron chi connectivity index (χ0n) is 24.3. The number of aliphatic imine (C=N–C) groups is 1. The van der Waals surface area contributed by atoms with E-state index in [9.17, 15) is 24.3 Å². The molecular formula is C30H42N8O5. The van der Waals surface area contributed by atoms with Crippen LogP contribution in [0.3, 0.4) is 0 Å². The fraction of sp³-hybridized carbons (Fsp3) is 0.400. The Morgan fingerprint density at radius 1 is 0.837 bits per heavy atom. The molecular weight excluding hydrogens is 552 g/mol. The summed E-state index contributed by atoms with van der Waals surface area (Å²) in [6.07, 6.45) is 1.97. The molecule has 2 rings (SSSR count). The average molecular weight is 595 g/mol. The largest absolute Gasteiger partial charge is 0.480 e. The van der Waals surface area contributed by atoms with Crippen molar-refractivity contribution in [3.05, 3.63) is 71.3 Å². The molecule has 0 spiro atoms. The second-order valence-corrected chi connectivity index (χ2v) is 10.1. The molecule has 2 aromatic carbocycles. The van der Waals surface area contributed by atoms with E-state index in [1.54, 1.807) is 24.3 Å². The number of guanidine groups is 1. The third-order valence-electron chi connectivity index (χ3n) is 6.69. The van der Waals surface area contributed by atoms with Gasteiger partial charge < -0.3 is 38.3 Å². The highest BCUT2D eigenvalue weighted by Gasteiger charge is 2.32. The number of carbonyl (C=O) groups excluding carboxylic acids is 3. The molecule has 0 heterocycles. The number of carbonyl (C=O) groups is 4. The Bertz CT molecular complexity index is 1260. The van der Waals surface area contributed by atoms with Gasteiger partial charge in [0.2, 0.25) is 17.7 Å². The lowest BCUT2D eigenvalue weighted by Gasteiger charge is -2.24. The van der Waals surface area contributed by atoms with Crippen molar-refractivity contribution in [2.45, 2.75) is 64.1 Å². The maximum Gasteiger partial charge on any atom is 0.326 e. The average Bonchev–Trinajstić information content (AvgIpc) is 2.98. The SMILES string of the molecule is CCCC[C@@H](NC(=O)C(Cc1ccc(C(=N)N)cc1)C(=O)NCc1ccccc1)C(=O)N[C@@H](CCCN=C(N)N)C(=O)O. The highest BCUT2D eigenvalue weighted by Crippen LogP contribution is 2.14. The second kappa shape index (κ2) is 17.8. The number of nitrogen functional groups attached to an aromatic ring is 1. The lowest BCUT2D eigenvalue weighted by Crippen LogP contribution is -2.54. The first-order valence-corrected chi connectivity index (χ1v) is 14.2. The van der Waals surface area contributed by atoms with E-state index in [1.807, 2.05) is 37.3 Å². The van der Waals surface area contributed by atoms with Crippen LogP contribution in [0.15, 0.2) is 59.6 Å². The van der Waals surface area contributed by atoms with E-state index in [-0.39, 0.29) is 44.1 Å². The Balaban J connectivity index is 2.22. The first kappa shape index (κ1) is 34.3. The lowest BCUT2D eigenvalue weighted by molar-refractivity contribution is -0.142. The van der Waals surface area contributed by atoms with Gasteiger partial charge in [-0.3, -0.25) is 24.8 Å². The topological polar surface area (TPSA) is 239 Å². The van der Waals surface area contributed by atoms with E-state index >= 15 is 0 Å². The molecule has 0 saturated heterocycles. The number of amidine groups is 1. The Hall–Kier alpha value is -4.94. The predicted octanol–water partition coefficient (Wildman–Crippen LogP) is 0.744. The van der Waals surface area contributed by atoms with Gasteiger partial charge in [0, 0.05) is 18.7 Å². The van der Waals surface area contributed by atoms with Gasteiger partial charge in [0.25, 0.3) is 0 Å². The molecule has 0 saturated carbocycles. The molecule has 11 N–H and O–H groups in total. The summed E-state index contributed by atoms with van der Waals surface area (Å²) in [6.45, 7) is 2.32. The number of carboxylic acids is 1. The van der Waals surface area contributed by atoms with Gasteiger partial charge in [-0.15, -0.1) is 0 Å². The van der Waals surface area contributed by atoms with E-state index < -0.39 is 41.7 Å². The van der Waals surface area contributed by atoms with Gasteiger partial charge in [-0.2, -0.15) is 0 Å². The van der Waals surface area contributed by atoms with Crippen LogP contribution < -0.4 is 33.2 Å². The van der Waals surface area contributed by atoms with Crippen LogP contribution in [-0.2, 0) is 32.1 Å². The molecule has 43 heavy (non-hydrogen) atoms. The summed E-state index contributed by atoms with van der Waals surface area (Å²) in [5.74, 6) is -4.51. The number of amides is 3. The van der Waals surface area contributed by atoms with Crippen LogP contribution in [0.5, 0.6) is 0 Å². The number of nitrogens with zero attached hydrogens (tertiary/aromatic N) is 1. The van der Waals surface area contributed by atoms with Gasteiger partial charge in [-0.1, -0.05) is 74.4 Å². The Morgan fingerprint density at radius 2 is 1.47 bits per heavy atom. The number of nitrogens with one attached hydrogen (secondary N) is 4. The first-order chi connectivity index (χ1) is 20.5. The summed E-state index contributed by atoms with van der Waals surface area (Å²) in [7, 11) is 0. The standard InChI is InChI=1S/C30H42N8O5/c1-2-3-10-23(28(41)38-24(29(42)43)11-7-16-35-30(33)34)37-27(40)22(17-19-12-14-21(15-13-19)25(31)32)26(39)36-18-20-8-5-4-6-9-20/h4-6,8-9,12-15,22-24H,2-3,7,10-11,16-18H2,1H3,(H3,31,32)(H,36,39)(H,37,40)(H,38,41)(H,42,43)(H4,33,34,35)/t22?,23-,24+/m1/s1. The maximum atomic E-state index is 13.6. The van der Waals surface area contributed by atoms with Crippen molar-refractivity contribution in [1.82, 2.24) is 16.0 Å². The number of unbranched alkanes of at least 4 members (excludes halogenated alkanes) is 1. The smallest absolute Gasteiger partial charge is 0.326 e. The molecule has 3 amide bonds. The van der Waals surface area contributed by atoms with Gasteiger partial charge in [0.05, 0.1) is 0 Å². The molecule has 0 aliphatic carbocycles. The van der Waals surface area contributed by atoms with Crippen molar-refractivity contribution in [1.29, 1.82) is 5.41 Å². The normalized spacial score (nSPS) is 12.7. The van der Waals surface area contributed by atoms with Crippen LogP contribution in [0.4, 0.5) is 0 Å². The lowest BCUT2D eigenvalue weighted by atomic mass is 9.95. The number of nitrogens with two attached hydrogens (primary N) is 3. The van der Waals surface area contributed by atoms with Gasteiger partial charge >= 0.3 is 5.97 Å². The molecule has 2 aromatic rings. The monoisotopic (exact) mass is 594 g/mol. The van der Waals surface area contributed by atoms with Crippen LogP contribution in [0.2, 0.25) is 0 Å². The van der Waals surface area contributed by atoms with E-state index in [0.29, 0.717) is 24.0 Å². The van der Waals surface area contributed by atoms with Crippen LogP contribution in [0.1, 0.15) is 55.7 Å². The van der Waals surface area contributed by atoms with E-state index in [0.717, 1.165) is 12.0 Å². The molecule has 3 atom stereocenters. The molecule has 0 bridgehead atoms. The first-order valence-electron chi connectivity index (χ1n) is 14.2. The molecule has 0 aromatic heterocycles. The molecule has 0 aliphatic rings. The highest BCUT2D eigenvalue weighted by atomic mass is 16.4. The molecule has 0 fully saturated rings. The molecule has 0 radical (unpaired) electrons. The molecule has 13 nitrogen and oxygen atoms in total. The summed E-state index contributed by atoms with van der Waals surface area (Å²) in [6, 6.07) is 13.6. The van der Waals surface area contributed by atoms with Crippen LogP contribution in [0, 0.1) is 11.3 Å². The minimum Gasteiger partial charge on any atom is -0.480 e. The fourth-order valence-electron chi connectivity index (χ4n) is 4.25. The third-order valence-corrected chi connectivity index (χ3v) is 6.69. The van der Waals surface area contributed by atoms with E-state index in [1.165, 1.54) is 0 Å². The molecule has 1 unspecified atom stereocenters. The molecule has 13 heteroatoms. The zero-order chi connectivity index (χ0) is 31.8. The number of benzene rings is 2. The predicted molar refractivity (Wildman–Crippen MR) is 164 cm³/mol. The number of hydrogen-bond acceptors (Lipinski definition) is 6.